The predicted octanol–water partition coefficient (Wildman–Crippen LogP) is 2.49. The maximum Gasteiger partial charge on any atom is 0.233 e. The van der Waals surface area contributed by atoms with Crippen LogP contribution in [0.15, 0.2) is 28.7 Å². The second kappa shape index (κ2) is 4.59. The van der Waals surface area contributed by atoms with Crippen molar-refractivity contribution in [3.63, 3.8) is 0 Å². The third kappa shape index (κ3) is 2.90. The molecular weight excluding hydrogens is 276 g/mol. The predicted molar refractivity (Wildman–Crippen MR) is 65.8 cm³/mol. The van der Waals surface area contributed by atoms with Crippen LogP contribution < -0.4 is 11.1 Å². The number of rotatable bonds is 3. The number of benzene rings is 1. The van der Waals surface area contributed by atoms with Crippen molar-refractivity contribution < 1.29 is 0 Å². The van der Waals surface area contributed by atoms with E-state index in [0.717, 1.165) is 9.60 Å². The maximum absolute atomic E-state index is 5.41. The minimum atomic E-state index is 0.316. The average Bonchev–Trinajstić information content (AvgIpc) is 2.62. The molecule has 78 valence electrons. The summed E-state index contributed by atoms with van der Waals surface area (Å²) < 4.78 is 4.95. The van der Waals surface area contributed by atoms with Crippen molar-refractivity contribution in [3.8, 4) is 0 Å². The Morgan fingerprint density at radius 1 is 1.47 bits per heavy atom. The zero-order valence-electron chi connectivity index (χ0n) is 7.77. The molecule has 3 N–H and O–H groups in total. The molecule has 0 fully saturated rings. The summed E-state index contributed by atoms with van der Waals surface area (Å²) >= 11 is 4.68. The van der Waals surface area contributed by atoms with Crippen LogP contribution in [0.2, 0.25) is 0 Å². The lowest BCUT2D eigenvalue weighted by Crippen LogP contribution is -1.99. The summed E-state index contributed by atoms with van der Waals surface area (Å²) in [6.45, 7) is 0.716. The number of nitrogens with one attached hydrogen (secondary N) is 1. The van der Waals surface area contributed by atoms with Gasteiger partial charge >= 0.3 is 0 Å². The molecule has 0 unspecified atom stereocenters. The third-order valence-corrected chi connectivity index (χ3v) is 2.95. The van der Waals surface area contributed by atoms with E-state index in [1.54, 1.807) is 0 Å². The second-order valence-corrected chi connectivity index (χ2v) is 4.61. The van der Waals surface area contributed by atoms with E-state index < -0.39 is 0 Å². The Balaban J connectivity index is 1.99. The Labute approximate surface area is 99.8 Å². The molecule has 0 saturated carbocycles. The summed E-state index contributed by atoms with van der Waals surface area (Å²) in [5.74, 6) is 0.316. The fourth-order valence-electron chi connectivity index (χ4n) is 1.13. The number of nitrogens with two attached hydrogens (primary N) is 1. The lowest BCUT2D eigenvalue weighted by atomic mass is 10.2. The monoisotopic (exact) mass is 284 g/mol. The molecule has 0 atom stereocenters. The van der Waals surface area contributed by atoms with Gasteiger partial charge in [-0.1, -0.05) is 28.1 Å². The maximum atomic E-state index is 5.41. The van der Waals surface area contributed by atoms with E-state index in [-0.39, 0.29) is 0 Å². The van der Waals surface area contributed by atoms with Crippen molar-refractivity contribution >= 4 is 38.5 Å². The molecule has 4 nitrogen and oxygen atoms in total. The molecule has 1 aromatic carbocycles. The Morgan fingerprint density at radius 2 is 2.33 bits per heavy atom. The summed E-state index contributed by atoms with van der Waals surface area (Å²) in [5, 5.41) is 3.90. The zero-order valence-corrected chi connectivity index (χ0v) is 10.2. The standard InChI is InChI=1S/C9H9BrN4S/c10-7-3-1-2-6(4-7)5-12-9-13-8(11)14-15-9/h1-4H,5H2,(H3,11,12,13,14). The Bertz CT molecular complexity index is 457. The van der Waals surface area contributed by atoms with E-state index in [1.165, 1.54) is 17.1 Å². The highest BCUT2D eigenvalue weighted by Gasteiger charge is 1.99. The number of hydrogen-bond acceptors (Lipinski definition) is 5. The molecule has 2 rings (SSSR count). The van der Waals surface area contributed by atoms with Crippen molar-refractivity contribution in [1.82, 2.24) is 9.36 Å². The highest BCUT2D eigenvalue weighted by Crippen LogP contribution is 2.15. The van der Waals surface area contributed by atoms with Gasteiger partial charge in [0.15, 0.2) is 0 Å². The van der Waals surface area contributed by atoms with Crippen LogP contribution in [0.1, 0.15) is 5.56 Å². The fraction of sp³-hybridized carbons (Fsp3) is 0.111. The smallest absolute Gasteiger partial charge is 0.233 e. The van der Waals surface area contributed by atoms with E-state index in [1.807, 2.05) is 18.2 Å². The Kier molecular flexibility index (Phi) is 3.17. The number of nitrogen functional groups attached to an aromatic ring is 1. The number of nitrogens with zero attached hydrogens (tertiary/aromatic N) is 2. The zero-order chi connectivity index (χ0) is 10.7. The molecule has 0 aliphatic carbocycles. The fourth-order valence-corrected chi connectivity index (χ4v) is 2.07. The van der Waals surface area contributed by atoms with Gasteiger partial charge in [-0.15, -0.1) is 0 Å². The van der Waals surface area contributed by atoms with Crippen LogP contribution in [-0.2, 0) is 6.54 Å². The van der Waals surface area contributed by atoms with Gasteiger partial charge in [-0.25, -0.2) is 0 Å². The van der Waals surface area contributed by atoms with Gasteiger partial charge in [-0.05, 0) is 17.7 Å². The first-order valence-electron chi connectivity index (χ1n) is 4.31. The summed E-state index contributed by atoms with van der Waals surface area (Å²) in [6.07, 6.45) is 0. The van der Waals surface area contributed by atoms with E-state index in [4.69, 9.17) is 5.73 Å². The number of anilines is 2. The second-order valence-electron chi connectivity index (χ2n) is 2.94. The molecule has 0 spiro atoms. The highest BCUT2D eigenvalue weighted by atomic mass is 79.9. The first-order chi connectivity index (χ1) is 7.24. The van der Waals surface area contributed by atoms with Crippen molar-refractivity contribution in [2.45, 2.75) is 6.54 Å². The summed E-state index contributed by atoms with van der Waals surface area (Å²) in [6, 6.07) is 8.08. The van der Waals surface area contributed by atoms with E-state index in [2.05, 4.69) is 36.7 Å². The first kappa shape index (κ1) is 10.4. The third-order valence-electron chi connectivity index (χ3n) is 1.77. The van der Waals surface area contributed by atoms with Gasteiger partial charge in [0, 0.05) is 22.5 Å². The molecule has 1 heterocycles. The minimum Gasteiger partial charge on any atom is -0.367 e. The number of hydrogen-bond donors (Lipinski definition) is 2. The summed E-state index contributed by atoms with van der Waals surface area (Å²) in [7, 11) is 0. The summed E-state index contributed by atoms with van der Waals surface area (Å²) in [5.41, 5.74) is 6.59. The van der Waals surface area contributed by atoms with Crippen LogP contribution in [0.3, 0.4) is 0 Å². The van der Waals surface area contributed by atoms with Crippen LogP contribution in [0.5, 0.6) is 0 Å². The molecular formula is C9H9BrN4S. The van der Waals surface area contributed by atoms with Crippen LogP contribution in [0.4, 0.5) is 11.1 Å². The number of aromatic nitrogens is 2. The van der Waals surface area contributed by atoms with Gasteiger partial charge in [0.1, 0.15) is 0 Å². The Morgan fingerprint density at radius 3 is 3.00 bits per heavy atom. The Hall–Kier alpha value is -1.14. The van der Waals surface area contributed by atoms with Gasteiger partial charge in [-0.2, -0.15) is 9.36 Å². The van der Waals surface area contributed by atoms with E-state index >= 15 is 0 Å². The van der Waals surface area contributed by atoms with Crippen LogP contribution in [0.25, 0.3) is 0 Å². The molecule has 0 amide bonds. The molecule has 0 radical (unpaired) electrons. The molecule has 15 heavy (non-hydrogen) atoms. The summed E-state index contributed by atoms with van der Waals surface area (Å²) in [4.78, 5) is 4.01. The van der Waals surface area contributed by atoms with Crippen molar-refractivity contribution in [2.24, 2.45) is 0 Å². The number of halogens is 1. The van der Waals surface area contributed by atoms with Crippen LogP contribution >= 0.6 is 27.5 Å². The lowest BCUT2D eigenvalue weighted by molar-refractivity contribution is 1.13. The van der Waals surface area contributed by atoms with Crippen molar-refractivity contribution in [1.29, 1.82) is 0 Å². The van der Waals surface area contributed by atoms with E-state index in [9.17, 15) is 0 Å². The van der Waals surface area contributed by atoms with Crippen molar-refractivity contribution in [2.75, 3.05) is 11.1 Å². The van der Waals surface area contributed by atoms with Gasteiger partial charge in [0.25, 0.3) is 0 Å². The SMILES string of the molecule is Nc1nsc(NCc2cccc(Br)c2)n1. The average molecular weight is 285 g/mol. The van der Waals surface area contributed by atoms with Gasteiger partial charge in [0.2, 0.25) is 11.1 Å². The van der Waals surface area contributed by atoms with Crippen molar-refractivity contribution in [3.05, 3.63) is 34.3 Å². The topological polar surface area (TPSA) is 63.8 Å². The quantitative estimate of drug-likeness (QED) is 0.909. The molecule has 6 heteroatoms. The molecule has 0 aliphatic heterocycles. The molecule has 0 aliphatic rings. The normalized spacial score (nSPS) is 10.2. The molecule has 0 bridgehead atoms. The minimum absolute atomic E-state index is 0.316. The van der Waals surface area contributed by atoms with Gasteiger partial charge < -0.3 is 11.1 Å². The highest BCUT2D eigenvalue weighted by molar-refractivity contribution is 9.10. The molecule has 0 saturated heterocycles. The lowest BCUT2D eigenvalue weighted by Gasteiger charge is -2.02. The van der Waals surface area contributed by atoms with Gasteiger partial charge in [-0.3, -0.25) is 0 Å². The largest absolute Gasteiger partial charge is 0.367 e. The molecule has 1 aromatic heterocycles. The van der Waals surface area contributed by atoms with E-state index in [0.29, 0.717) is 12.5 Å². The molecule has 2 aromatic rings. The van der Waals surface area contributed by atoms with Crippen LogP contribution in [-0.4, -0.2) is 9.36 Å². The van der Waals surface area contributed by atoms with Crippen LogP contribution in [0, 0.1) is 0 Å². The first-order valence-corrected chi connectivity index (χ1v) is 5.88. The van der Waals surface area contributed by atoms with Gasteiger partial charge in [0.05, 0.1) is 0 Å².